The number of unbranched alkanes of at least 4 members (excludes halogenated alkanes) is 1. The first-order valence-electron chi connectivity index (χ1n) is 12.5. The Hall–Kier alpha value is -3.35. The van der Waals surface area contributed by atoms with Gasteiger partial charge in [0.15, 0.2) is 0 Å². The van der Waals surface area contributed by atoms with Crippen molar-refractivity contribution < 1.29 is 24.2 Å². The van der Waals surface area contributed by atoms with Crippen LogP contribution in [0.15, 0.2) is 48.5 Å². The van der Waals surface area contributed by atoms with E-state index >= 15 is 0 Å². The van der Waals surface area contributed by atoms with Gasteiger partial charge in [-0.25, -0.2) is 4.79 Å². The fourth-order valence-corrected chi connectivity index (χ4v) is 4.67. The van der Waals surface area contributed by atoms with Crippen LogP contribution in [0.4, 0.5) is 4.79 Å². The lowest BCUT2D eigenvalue weighted by atomic mass is 9.98. The molecule has 0 fully saturated rings. The van der Waals surface area contributed by atoms with Gasteiger partial charge in [0.2, 0.25) is 5.91 Å². The van der Waals surface area contributed by atoms with E-state index in [-0.39, 0.29) is 30.9 Å². The molecule has 1 aliphatic carbocycles. The van der Waals surface area contributed by atoms with Gasteiger partial charge < -0.3 is 20.1 Å². The number of alkyl carbamates (subject to hydrolysis) is 1. The minimum absolute atomic E-state index is 0.00403. The molecule has 0 heterocycles. The van der Waals surface area contributed by atoms with Crippen molar-refractivity contribution in [1.29, 1.82) is 0 Å². The maximum Gasteiger partial charge on any atom is 0.407 e. The topological polar surface area (TPSA) is 95.9 Å². The molecule has 1 aliphatic rings. The Morgan fingerprint density at radius 2 is 1.60 bits per heavy atom. The highest BCUT2D eigenvalue weighted by molar-refractivity contribution is 5.86. The Balaban J connectivity index is 1.66. The van der Waals surface area contributed by atoms with Crippen LogP contribution in [0.3, 0.4) is 0 Å². The van der Waals surface area contributed by atoms with E-state index in [2.05, 4.69) is 29.6 Å². The molecule has 3 rings (SSSR count). The second kappa shape index (κ2) is 12.4. The number of nitrogens with zero attached hydrogens (tertiary/aromatic N) is 1. The van der Waals surface area contributed by atoms with E-state index in [0.29, 0.717) is 19.4 Å². The molecule has 35 heavy (non-hydrogen) atoms. The van der Waals surface area contributed by atoms with Gasteiger partial charge in [-0.15, -0.1) is 0 Å². The SMILES string of the molecule is CCCC[C@H](NC(=O)OCC1c2ccccc2-c2ccccc21)C(=O)N(CCCC(=O)O)C(C)C. The molecule has 0 saturated heterocycles. The Morgan fingerprint density at radius 1 is 1.00 bits per heavy atom. The van der Waals surface area contributed by atoms with Gasteiger partial charge in [0.25, 0.3) is 0 Å². The van der Waals surface area contributed by atoms with E-state index in [1.54, 1.807) is 4.90 Å². The summed E-state index contributed by atoms with van der Waals surface area (Å²) in [4.78, 5) is 38.7. The van der Waals surface area contributed by atoms with E-state index < -0.39 is 18.1 Å². The average Bonchev–Trinajstić information content (AvgIpc) is 3.16. The number of ether oxygens (including phenoxy) is 1. The first-order chi connectivity index (χ1) is 16.8. The van der Waals surface area contributed by atoms with Crippen molar-refractivity contribution in [2.24, 2.45) is 0 Å². The lowest BCUT2D eigenvalue weighted by molar-refractivity contribution is -0.139. The normalized spacial score (nSPS) is 13.1. The number of hydrogen-bond acceptors (Lipinski definition) is 4. The minimum Gasteiger partial charge on any atom is -0.481 e. The summed E-state index contributed by atoms with van der Waals surface area (Å²) in [5, 5.41) is 11.7. The molecule has 0 aromatic heterocycles. The van der Waals surface area contributed by atoms with E-state index in [0.717, 1.165) is 35.1 Å². The highest BCUT2D eigenvalue weighted by Gasteiger charge is 2.31. The number of carboxylic acids is 1. The first kappa shape index (κ1) is 26.3. The predicted molar refractivity (Wildman–Crippen MR) is 135 cm³/mol. The highest BCUT2D eigenvalue weighted by atomic mass is 16.5. The number of amides is 2. The van der Waals surface area contributed by atoms with Crippen LogP contribution in [0.5, 0.6) is 0 Å². The van der Waals surface area contributed by atoms with Gasteiger partial charge in [0.1, 0.15) is 12.6 Å². The van der Waals surface area contributed by atoms with E-state index in [9.17, 15) is 14.4 Å². The summed E-state index contributed by atoms with van der Waals surface area (Å²) in [5.74, 6) is -1.14. The summed E-state index contributed by atoms with van der Waals surface area (Å²) in [6.07, 6.45) is 1.91. The lowest BCUT2D eigenvalue weighted by Crippen LogP contribution is -2.51. The maximum atomic E-state index is 13.3. The summed E-state index contributed by atoms with van der Waals surface area (Å²) < 4.78 is 5.65. The smallest absolute Gasteiger partial charge is 0.407 e. The minimum atomic E-state index is -0.888. The molecule has 0 spiro atoms. The Bertz CT molecular complexity index is 990. The largest absolute Gasteiger partial charge is 0.481 e. The number of carboxylic acid groups (broad SMARTS) is 1. The predicted octanol–water partition coefficient (Wildman–Crippen LogP) is 5.19. The Kier molecular flexibility index (Phi) is 9.29. The monoisotopic (exact) mass is 480 g/mol. The summed E-state index contributed by atoms with van der Waals surface area (Å²) >= 11 is 0. The molecule has 2 aromatic carbocycles. The van der Waals surface area contributed by atoms with E-state index in [4.69, 9.17) is 9.84 Å². The van der Waals surface area contributed by atoms with Crippen molar-refractivity contribution in [1.82, 2.24) is 10.2 Å². The van der Waals surface area contributed by atoms with Crippen molar-refractivity contribution in [3.63, 3.8) is 0 Å². The van der Waals surface area contributed by atoms with Gasteiger partial charge in [0.05, 0.1) is 0 Å². The van der Waals surface area contributed by atoms with Crippen molar-refractivity contribution in [2.75, 3.05) is 13.2 Å². The number of rotatable bonds is 12. The summed E-state index contributed by atoms with van der Waals surface area (Å²) in [5.41, 5.74) is 4.57. The van der Waals surface area contributed by atoms with Crippen molar-refractivity contribution in [2.45, 2.75) is 70.9 Å². The Labute approximate surface area is 207 Å². The summed E-state index contributed by atoms with van der Waals surface area (Å²) in [6, 6.07) is 15.5. The molecule has 188 valence electrons. The van der Waals surface area contributed by atoms with E-state index in [1.165, 1.54) is 0 Å². The number of fused-ring (bicyclic) bond motifs is 3. The fourth-order valence-electron chi connectivity index (χ4n) is 4.67. The molecule has 2 N–H and O–H groups in total. The first-order valence-corrected chi connectivity index (χ1v) is 12.5. The van der Waals surface area contributed by atoms with Crippen LogP contribution in [0.1, 0.15) is 69.9 Å². The average molecular weight is 481 g/mol. The van der Waals surface area contributed by atoms with Crippen molar-refractivity contribution in [3.05, 3.63) is 59.7 Å². The zero-order valence-electron chi connectivity index (χ0n) is 20.8. The molecule has 0 unspecified atom stereocenters. The van der Waals surface area contributed by atoms with Crippen LogP contribution in [-0.4, -0.2) is 53.2 Å². The van der Waals surface area contributed by atoms with Crippen molar-refractivity contribution >= 4 is 18.0 Å². The van der Waals surface area contributed by atoms with Crippen LogP contribution in [0, 0.1) is 0 Å². The van der Waals surface area contributed by atoms with Gasteiger partial charge in [-0.05, 0) is 48.9 Å². The number of carbonyl (C=O) groups is 3. The van der Waals surface area contributed by atoms with E-state index in [1.807, 2.05) is 45.0 Å². The van der Waals surface area contributed by atoms with Crippen molar-refractivity contribution in [3.8, 4) is 11.1 Å². The second-order valence-electron chi connectivity index (χ2n) is 9.29. The van der Waals surface area contributed by atoms with Crippen LogP contribution in [-0.2, 0) is 14.3 Å². The molecule has 0 aliphatic heterocycles. The highest BCUT2D eigenvalue weighted by Crippen LogP contribution is 2.44. The molecule has 2 aromatic rings. The third kappa shape index (κ3) is 6.62. The molecule has 1 atom stereocenters. The fraction of sp³-hybridized carbons (Fsp3) is 0.464. The van der Waals surface area contributed by atoms with Gasteiger partial charge in [0, 0.05) is 24.9 Å². The molecule has 0 radical (unpaired) electrons. The van der Waals surface area contributed by atoms with Crippen LogP contribution >= 0.6 is 0 Å². The Morgan fingerprint density at radius 3 is 2.14 bits per heavy atom. The molecule has 0 bridgehead atoms. The zero-order chi connectivity index (χ0) is 25.4. The second-order valence-corrected chi connectivity index (χ2v) is 9.29. The summed E-state index contributed by atoms with van der Waals surface area (Å²) in [7, 11) is 0. The van der Waals surface area contributed by atoms with Crippen LogP contribution in [0.25, 0.3) is 11.1 Å². The van der Waals surface area contributed by atoms with Gasteiger partial charge >= 0.3 is 12.1 Å². The number of hydrogen-bond donors (Lipinski definition) is 2. The van der Waals surface area contributed by atoms with Gasteiger partial charge in [-0.2, -0.15) is 0 Å². The number of carbonyl (C=O) groups excluding carboxylic acids is 2. The molecule has 0 saturated carbocycles. The zero-order valence-corrected chi connectivity index (χ0v) is 20.8. The van der Waals surface area contributed by atoms with Crippen LogP contribution in [0.2, 0.25) is 0 Å². The lowest BCUT2D eigenvalue weighted by Gasteiger charge is -2.31. The standard InChI is InChI=1S/C28H36N2O5/c1-4-5-15-25(27(33)30(19(2)3)17-10-16-26(31)32)29-28(34)35-18-24-22-13-8-6-11-20(22)21-12-7-9-14-23(21)24/h6-9,11-14,19,24-25H,4-5,10,15-18H2,1-3H3,(H,29,34)(H,31,32)/t25-/m0/s1. The molecular formula is C28H36N2O5. The number of aliphatic carboxylic acids is 1. The molecular weight excluding hydrogens is 444 g/mol. The third-order valence-electron chi connectivity index (χ3n) is 6.48. The number of benzene rings is 2. The summed E-state index contributed by atoms with van der Waals surface area (Å²) in [6.45, 7) is 6.33. The van der Waals surface area contributed by atoms with Crippen LogP contribution < -0.4 is 5.32 Å². The quantitative estimate of drug-likeness (QED) is 0.436. The molecule has 7 nitrogen and oxygen atoms in total. The maximum absolute atomic E-state index is 13.3. The van der Waals surface area contributed by atoms with Gasteiger partial charge in [-0.3, -0.25) is 9.59 Å². The molecule has 2 amide bonds. The number of nitrogens with one attached hydrogen (secondary N) is 1. The van der Waals surface area contributed by atoms with Gasteiger partial charge in [-0.1, -0.05) is 68.3 Å². The molecule has 7 heteroatoms. The third-order valence-corrected chi connectivity index (χ3v) is 6.48.